The Hall–Kier alpha value is -5.40. The number of ether oxygens (including phenoxy) is 3. The van der Waals surface area contributed by atoms with Crippen LogP contribution >= 0.6 is 0 Å². The second-order valence-corrected chi connectivity index (χ2v) is 12.5. The van der Waals surface area contributed by atoms with Gasteiger partial charge in [0.2, 0.25) is 0 Å². The summed E-state index contributed by atoms with van der Waals surface area (Å²) in [5.41, 5.74) is 10.1. The summed E-state index contributed by atoms with van der Waals surface area (Å²) in [5, 5.41) is 19.5. The van der Waals surface area contributed by atoms with E-state index in [1.165, 1.54) is 23.2 Å². The molecule has 7 rings (SSSR count). The second-order valence-electron chi connectivity index (χ2n) is 12.5. The van der Waals surface area contributed by atoms with Crippen molar-refractivity contribution in [2.45, 2.75) is 53.4 Å². The van der Waals surface area contributed by atoms with Gasteiger partial charge in [0.1, 0.15) is 52.2 Å². The third kappa shape index (κ3) is 5.64. The van der Waals surface area contributed by atoms with Crippen LogP contribution in [0.1, 0.15) is 62.8 Å². The number of nitriles is 2. The minimum absolute atomic E-state index is 0.00312. The zero-order chi connectivity index (χ0) is 32.7. The predicted molar refractivity (Wildman–Crippen MR) is 186 cm³/mol. The van der Waals surface area contributed by atoms with E-state index >= 15 is 0 Å². The first-order valence-corrected chi connectivity index (χ1v) is 16.5. The molecule has 0 radical (unpaired) electrons. The van der Waals surface area contributed by atoms with Crippen LogP contribution in [0.5, 0.6) is 11.5 Å². The van der Waals surface area contributed by atoms with Gasteiger partial charge in [-0.1, -0.05) is 0 Å². The van der Waals surface area contributed by atoms with E-state index in [-0.39, 0.29) is 5.57 Å². The molecule has 7 nitrogen and oxygen atoms in total. The molecule has 0 saturated heterocycles. The second kappa shape index (κ2) is 12.4. The molecule has 0 atom stereocenters. The van der Waals surface area contributed by atoms with Gasteiger partial charge in [0.25, 0.3) is 0 Å². The van der Waals surface area contributed by atoms with Gasteiger partial charge in [-0.25, -0.2) is 0 Å². The summed E-state index contributed by atoms with van der Waals surface area (Å²) in [6.45, 7) is 12.5. The molecule has 0 aliphatic carbocycles. The molecule has 7 heteroatoms. The summed E-state index contributed by atoms with van der Waals surface area (Å²) in [6.07, 6.45) is 15.5. The molecule has 5 aliphatic rings. The van der Waals surface area contributed by atoms with Crippen LogP contribution in [-0.4, -0.2) is 26.2 Å². The summed E-state index contributed by atoms with van der Waals surface area (Å²) in [5.74, 6) is 3.89. The van der Waals surface area contributed by atoms with E-state index < -0.39 is 0 Å². The van der Waals surface area contributed by atoms with Crippen LogP contribution in [-0.2, 0) is 17.6 Å². The number of benzene rings is 2. The van der Waals surface area contributed by atoms with Crippen LogP contribution in [0.25, 0.3) is 11.1 Å². The van der Waals surface area contributed by atoms with E-state index in [0.29, 0.717) is 28.6 Å². The quantitative estimate of drug-likeness (QED) is 0.310. The first kappa shape index (κ1) is 30.3. The molecule has 0 fully saturated rings. The molecule has 0 spiro atoms. The number of rotatable bonds is 5. The van der Waals surface area contributed by atoms with Gasteiger partial charge in [-0.05, 0) is 113 Å². The summed E-state index contributed by atoms with van der Waals surface area (Å²) < 4.78 is 19.4. The predicted octanol–water partition coefficient (Wildman–Crippen LogP) is 8.43. The number of aryl methyl sites for hydroxylation is 1. The van der Waals surface area contributed by atoms with Crippen molar-refractivity contribution in [2.75, 3.05) is 36.0 Å². The molecule has 5 aliphatic heterocycles. The average molecular weight is 623 g/mol. The Morgan fingerprint density at radius 1 is 0.830 bits per heavy atom. The van der Waals surface area contributed by atoms with E-state index in [4.69, 9.17) is 14.2 Å². The highest BCUT2D eigenvalue weighted by Gasteiger charge is 2.31. The van der Waals surface area contributed by atoms with Crippen LogP contribution in [0.2, 0.25) is 0 Å². The molecule has 47 heavy (non-hydrogen) atoms. The van der Waals surface area contributed by atoms with E-state index in [2.05, 4.69) is 61.8 Å². The molecule has 236 valence electrons. The first-order valence-electron chi connectivity index (χ1n) is 16.5. The van der Waals surface area contributed by atoms with Crippen LogP contribution in [0, 0.1) is 22.7 Å². The topological polar surface area (TPSA) is 81.8 Å². The minimum atomic E-state index is 0.00312. The largest absolute Gasteiger partial charge is 0.457 e. The van der Waals surface area contributed by atoms with Crippen LogP contribution in [0.4, 0.5) is 11.4 Å². The Morgan fingerprint density at radius 3 is 2.17 bits per heavy atom. The monoisotopic (exact) mass is 622 g/mol. The smallest absolute Gasteiger partial charge is 0.140 e. The number of allylic oxidation sites excluding steroid dienone is 10. The summed E-state index contributed by atoms with van der Waals surface area (Å²) in [7, 11) is 0. The lowest BCUT2D eigenvalue weighted by Gasteiger charge is -2.39. The van der Waals surface area contributed by atoms with E-state index in [0.717, 1.165) is 84.9 Å². The Labute approximate surface area is 276 Å². The average Bonchev–Trinajstić information content (AvgIpc) is 3.06. The maximum atomic E-state index is 9.74. The Kier molecular flexibility index (Phi) is 8.00. The van der Waals surface area contributed by atoms with Crippen molar-refractivity contribution in [2.24, 2.45) is 0 Å². The summed E-state index contributed by atoms with van der Waals surface area (Å²) in [4.78, 5) is 4.80. The lowest BCUT2D eigenvalue weighted by Crippen LogP contribution is -2.35. The molecule has 0 bridgehead atoms. The maximum Gasteiger partial charge on any atom is 0.140 e. The molecular formula is C40H38N4O3. The van der Waals surface area contributed by atoms with E-state index in [1.807, 2.05) is 30.4 Å². The zero-order valence-corrected chi connectivity index (χ0v) is 27.4. The summed E-state index contributed by atoms with van der Waals surface area (Å²) >= 11 is 0. The fourth-order valence-electron chi connectivity index (χ4n) is 7.24. The highest BCUT2D eigenvalue weighted by Crippen LogP contribution is 2.47. The summed E-state index contributed by atoms with van der Waals surface area (Å²) in [6, 6.07) is 12.7. The van der Waals surface area contributed by atoms with Crippen molar-refractivity contribution in [1.82, 2.24) is 0 Å². The van der Waals surface area contributed by atoms with Crippen molar-refractivity contribution in [1.29, 1.82) is 10.5 Å². The Bertz CT molecular complexity index is 1970. The van der Waals surface area contributed by atoms with Gasteiger partial charge in [0.15, 0.2) is 0 Å². The molecule has 0 amide bonds. The van der Waals surface area contributed by atoms with Gasteiger partial charge in [0.05, 0.1) is 0 Å². The van der Waals surface area contributed by atoms with Crippen molar-refractivity contribution in [3.05, 3.63) is 117 Å². The molecule has 0 saturated carbocycles. The van der Waals surface area contributed by atoms with Gasteiger partial charge < -0.3 is 24.0 Å². The Balaban J connectivity index is 1.22. The van der Waals surface area contributed by atoms with E-state index in [1.54, 1.807) is 18.2 Å². The number of hydrogen-bond donors (Lipinski definition) is 0. The fourth-order valence-corrected chi connectivity index (χ4v) is 7.24. The van der Waals surface area contributed by atoms with Gasteiger partial charge in [0, 0.05) is 78.0 Å². The maximum absolute atomic E-state index is 9.74. The lowest BCUT2D eigenvalue weighted by atomic mass is 9.86. The van der Waals surface area contributed by atoms with Crippen molar-refractivity contribution >= 4 is 22.5 Å². The molecule has 5 heterocycles. The number of anilines is 2. The third-order valence-corrected chi connectivity index (χ3v) is 9.49. The minimum Gasteiger partial charge on any atom is -0.457 e. The molecule has 0 N–H and O–H groups in total. The van der Waals surface area contributed by atoms with Crippen molar-refractivity contribution in [3.8, 4) is 23.6 Å². The van der Waals surface area contributed by atoms with Gasteiger partial charge in [-0.3, -0.25) is 0 Å². The standard InChI is InChI=1S/C40H38N4O3/c1-5-43(6-2)30-11-12-35-25(3)15-31(46-38(35)20-30)21-33-17-28(29(23-41)24-42)18-34(45-33)22-32-16-26(4)37-19-27-9-7-13-44-14-8-10-36(39(27)44)40(37)47-32/h11-12,15-22H,5-10,13-14H2,1-4H3/b31-21-,32-22+. The number of nitrogens with zero attached hydrogens (tertiary/aromatic N) is 4. The Morgan fingerprint density at radius 2 is 1.49 bits per heavy atom. The zero-order valence-electron chi connectivity index (χ0n) is 27.4. The van der Waals surface area contributed by atoms with Crippen LogP contribution in [0.3, 0.4) is 0 Å². The molecule has 0 aromatic heterocycles. The van der Waals surface area contributed by atoms with Crippen molar-refractivity contribution < 1.29 is 14.2 Å². The number of fused-ring (bicyclic) bond motifs is 3. The SMILES string of the molecule is CCN(CC)c1ccc2c(c1)O/C(=C\C1=CC(=C(C#N)C#N)C=C(/C=C3\C=C(C)c4cc5c6c(c4O3)CCCN6CCC5)O1)C=C2C. The van der Waals surface area contributed by atoms with Gasteiger partial charge in [-0.15, -0.1) is 0 Å². The van der Waals surface area contributed by atoms with Gasteiger partial charge in [-0.2, -0.15) is 10.5 Å². The fraction of sp³-hybridized carbons (Fsp3) is 0.300. The number of hydrogen-bond acceptors (Lipinski definition) is 7. The third-order valence-electron chi connectivity index (χ3n) is 9.49. The van der Waals surface area contributed by atoms with E-state index in [9.17, 15) is 10.5 Å². The van der Waals surface area contributed by atoms with Crippen LogP contribution < -0.4 is 19.3 Å². The van der Waals surface area contributed by atoms with Gasteiger partial charge >= 0.3 is 0 Å². The normalized spacial score (nSPS) is 19.3. The molecule has 0 unspecified atom stereocenters. The van der Waals surface area contributed by atoms with Crippen molar-refractivity contribution in [3.63, 3.8) is 0 Å². The molecular weight excluding hydrogens is 584 g/mol. The molecule has 2 aromatic carbocycles. The first-order chi connectivity index (χ1) is 22.9. The molecule has 2 aromatic rings. The van der Waals surface area contributed by atoms with Crippen LogP contribution in [0.15, 0.2) is 94.9 Å². The highest BCUT2D eigenvalue weighted by atomic mass is 16.5. The highest BCUT2D eigenvalue weighted by molar-refractivity contribution is 5.81. The lowest BCUT2D eigenvalue weighted by molar-refractivity contribution is 0.322.